The summed E-state index contributed by atoms with van der Waals surface area (Å²) in [5, 5.41) is 5.46. The van der Waals surface area contributed by atoms with Crippen molar-refractivity contribution in [3.8, 4) is 5.69 Å². The van der Waals surface area contributed by atoms with E-state index in [9.17, 15) is 4.79 Å². The first-order valence-electron chi connectivity index (χ1n) is 8.34. The van der Waals surface area contributed by atoms with E-state index in [0.717, 1.165) is 17.0 Å². The number of rotatable bonds is 4. The first kappa shape index (κ1) is 16.6. The molecule has 0 bridgehead atoms. The maximum Gasteiger partial charge on any atom is 0.262 e. The topological polar surface area (TPSA) is 63.6 Å². The Morgan fingerprint density at radius 1 is 1.12 bits per heavy atom. The van der Waals surface area contributed by atoms with Crippen LogP contribution in [0.1, 0.15) is 16.7 Å². The van der Waals surface area contributed by atoms with Crippen LogP contribution >= 0.6 is 11.8 Å². The number of benzene rings is 2. The van der Waals surface area contributed by atoms with Gasteiger partial charge in [-0.25, -0.2) is 9.67 Å². The average molecular weight is 362 g/mol. The predicted molar refractivity (Wildman–Crippen MR) is 105 cm³/mol. The van der Waals surface area contributed by atoms with Crippen molar-refractivity contribution in [3.63, 3.8) is 0 Å². The fourth-order valence-electron chi connectivity index (χ4n) is 2.83. The molecular formula is C20H18N4OS. The molecule has 4 rings (SSSR count). The highest BCUT2D eigenvalue weighted by atomic mass is 32.2. The van der Waals surface area contributed by atoms with E-state index in [2.05, 4.69) is 34.1 Å². The number of thioether (sulfide) groups is 1. The van der Waals surface area contributed by atoms with Crippen molar-refractivity contribution in [3.05, 3.63) is 81.8 Å². The Labute approximate surface area is 155 Å². The molecule has 5 nitrogen and oxygen atoms in total. The number of hydrogen-bond donors (Lipinski definition) is 1. The average Bonchev–Trinajstić information content (AvgIpc) is 3.06. The van der Waals surface area contributed by atoms with Crippen LogP contribution in [0, 0.1) is 13.8 Å². The second-order valence-electron chi connectivity index (χ2n) is 6.22. The molecule has 0 saturated heterocycles. The van der Waals surface area contributed by atoms with Gasteiger partial charge in [0.05, 0.1) is 11.9 Å². The van der Waals surface area contributed by atoms with Crippen molar-refractivity contribution in [1.82, 2.24) is 19.7 Å². The molecule has 0 saturated carbocycles. The summed E-state index contributed by atoms with van der Waals surface area (Å²) in [6, 6.07) is 16.2. The van der Waals surface area contributed by atoms with Crippen LogP contribution in [0.25, 0.3) is 16.7 Å². The fraction of sp³-hybridized carbons (Fsp3) is 0.150. The van der Waals surface area contributed by atoms with E-state index >= 15 is 0 Å². The second-order valence-corrected chi connectivity index (χ2v) is 7.18. The molecule has 0 unspecified atom stereocenters. The lowest BCUT2D eigenvalue weighted by Crippen LogP contribution is -2.10. The SMILES string of the molecule is Cc1cccc(-n2ncc3c(=O)[nH]c(SCc4ccccc4C)nc32)c1. The van der Waals surface area contributed by atoms with E-state index in [1.54, 1.807) is 10.9 Å². The molecule has 0 atom stereocenters. The standard InChI is InChI=1S/C20H18N4OS/c1-13-6-5-9-16(10-13)24-18-17(11-21-24)19(25)23-20(22-18)26-12-15-8-4-3-7-14(15)2/h3-11H,12H2,1-2H3,(H,22,23,25). The van der Waals surface area contributed by atoms with E-state index in [4.69, 9.17) is 0 Å². The summed E-state index contributed by atoms with van der Waals surface area (Å²) in [6.45, 7) is 4.11. The largest absolute Gasteiger partial charge is 0.301 e. The van der Waals surface area contributed by atoms with Gasteiger partial charge in [-0.1, -0.05) is 48.2 Å². The summed E-state index contributed by atoms with van der Waals surface area (Å²) in [7, 11) is 0. The monoisotopic (exact) mass is 362 g/mol. The Bertz CT molecular complexity index is 1150. The molecule has 1 N–H and O–H groups in total. The van der Waals surface area contributed by atoms with Crippen molar-refractivity contribution >= 4 is 22.8 Å². The zero-order chi connectivity index (χ0) is 18.1. The van der Waals surface area contributed by atoms with Gasteiger partial charge < -0.3 is 4.98 Å². The number of nitrogens with one attached hydrogen (secondary N) is 1. The molecule has 0 fully saturated rings. The second kappa shape index (κ2) is 6.80. The highest BCUT2D eigenvalue weighted by Gasteiger charge is 2.12. The third-order valence-corrected chi connectivity index (χ3v) is 5.21. The van der Waals surface area contributed by atoms with E-state index in [1.165, 1.54) is 22.9 Å². The lowest BCUT2D eigenvalue weighted by molar-refractivity contribution is 0.872. The van der Waals surface area contributed by atoms with Crippen molar-refractivity contribution in [1.29, 1.82) is 0 Å². The zero-order valence-electron chi connectivity index (χ0n) is 14.6. The minimum Gasteiger partial charge on any atom is -0.301 e. The van der Waals surface area contributed by atoms with Gasteiger partial charge in [0.15, 0.2) is 10.8 Å². The molecule has 0 aliphatic carbocycles. The molecule has 0 aliphatic rings. The van der Waals surface area contributed by atoms with Gasteiger partial charge in [0.1, 0.15) is 5.39 Å². The highest BCUT2D eigenvalue weighted by molar-refractivity contribution is 7.98. The summed E-state index contributed by atoms with van der Waals surface area (Å²) in [5.74, 6) is 0.750. The van der Waals surface area contributed by atoms with Crippen LogP contribution in [0.2, 0.25) is 0 Å². The molecule has 130 valence electrons. The van der Waals surface area contributed by atoms with Crippen LogP contribution in [0.5, 0.6) is 0 Å². The minimum atomic E-state index is -0.166. The number of fused-ring (bicyclic) bond motifs is 1. The van der Waals surface area contributed by atoms with Gasteiger partial charge in [-0.05, 0) is 42.7 Å². The lowest BCUT2D eigenvalue weighted by atomic mass is 10.1. The highest BCUT2D eigenvalue weighted by Crippen LogP contribution is 2.22. The third-order valence-electron chi connectivity index (χ3n) is 4.29. The summed E-state index contributed by atoms with van der Waals surface area (Å²) < 4.78 is 1.72. The van der Waals surface area contributed by atoms with Crippen LogP contribution < -0.4 is 5.56 Å². The van der Waals surface area contributed by atoms with Crippen molar-refractivity contribution < 1.29 is 0 Å². The zero-order valence-corrected chi connectivity index (χ0v) is 15.4. The molecule has 0 radical (unpaired) electrons. The van der Waals surface area contributed by atoms with Crippen molar-refractivity contribution in [2.24, 2.45) is 0 Å². The van der Waals surface area contributed by atoms with Crippen LogP contribution in [0.4, 0.5) is 0 Å². The lowest BCUT2D eigenvalue weighted by Gasteiger charge is -2.06. The Balaban J connectivity index is 1.72. The first-order valence-corrected chi connectivity index (χ1v) is 9.33. The van der Waals surface area contributed by atoms with Crippen LogP contribution in [0.3, 0.4) is 0 Å². The molecule has 2 aromatic heterocycles. The molecule has 0 spiro atoms. The smallest absolute Gasteiger partial charge is 0.262 e. The van der Waals surface area contributed by atoms with Crippen LogP contribution in [0.15, 0.2) is 64.7 Å². The molecule has 2 aromatic carbocycles. The molecule has 0 aliphatic heterocycles. The summed E-state index contributed by atoms with van der Waals surface area (Å²) >= 11 is 1.52. The minimum absolute atomic E-state index is 0.166. The fourth-order valence-corrected chi connectivity index (χ4v) is 3.77. The number of nitrogens with zero attached hydrogens (tertiary/aromatic N) is 3. The Kier molecular flexibility index (Phi) is 4.34. The van der Waals surface area contributed by atoms with Gasteiger partial charge in [-0.2, -0.15) is 5.10 Å². The molecular weight excluding hydrogens is 344 g/mol. The summed E-state index contributed by atoms with van der Waals surface area (Å²) in [5.41, 5.74) is 4.89. The predicted octanol–water partition coefficient (Wildman–Crippen LogP) is 4.02. The van der Waals surface area contributed by atoms with E-state index in [1.807, 2.05) is 43.3 Å². The van der Waals surface area contributed by atoms with Crippen LogP contribution in [-0.2, 0) is 5.75 Å². The molecule has 4 aromatic rings. The number of aryl methyl sites for hydroxylation is 2. The summed E-state index contributed by atoms with van der Waals surface area (Å²) in [4.78, 5) is 19.9. The summed E-state index contributed by atoms with van der Waals surface area (Å²) in [6.07, 6.45) is 1.57. The van der Waals surface area contributed by atoms with Crippen molar-refractivity contribution in [2.75, 3.05) is 0 Å². The van der Waals surface area contributed by atoms with E-state index in [0.29, 0.717) is 16.2 Å². The Morgan fingerprint density at radius 2 is 1.96 bits per heavy atom. The van der Waals surface area contributed by atoms with Gasteiger partial charge >= 0.3 is 0 Å². The number of aromatic amines is 1. The van der Waals surface area contributed by atoms with Gasteiger partial charge in [0.2, 0.25) is 0 Å². The molecule has 2 heterocycles. The van der Waals surface area contributed by atoms with Crippen LogP contribution in [-0.4, -0.2) is 19.7 Å². The first-order chi connectivity index (χ1) is 12.6. The van der Waals surface area contributed by atoms with Gasteiger partial charge in [-0.15, -0.1) is 0 Å². The van der Waals surface area contributed by atoms with E-state index in [-0.39, 0.29) is 5.56 Å². The Morgan fingerprint density at radius 3 is 2.77 bits per heavy atom. The quantitative estimate of drug-likeness (QED) is 0.440. The molecule has 26 heavy (non-hydrogen) atoms. The van der Waals surface area contributed by atoms with Gasteiger partial charge in [0.25, 0.3) is 5.56 Å². The van der Waals surface area contributed by atoms with Gasteiger partial charge in [-0.3, -0.25) is 4.79 Å². The Hall–Kier alpha value is -2.86. The third kappa shape index (κ3) is 3.15. The van der Waals surface area contributed by atoms with Crippen molar-refractivity contribution in [2.45, 2.75) is 24.8 Å². The maximum atomic E-state index is 12.4. The number of hydrogen-bond acceptors (Lipinski definition) is 4. The number of H-pyrrole nitrogens is 1. The normalized spacial score (nSPS) is 11.2. The maximum absolute atomic E-state index is 12.4. The molecule has 6 heteroatoms. The molecule has 0 amide bonds. The van der Waals surface area contributed by atoms with E-state index < -0.39 is 0 Å². The van der Waals surface area contributed by atoms with Gasteiger partial charge in [0, 0.05) is 5.75 Å². The number of aromatic nitrogens is 4.